The number of hydrogen-bond acceptors (Lipinski definition) is 0. The molecule has 0 aromatic rings. The zero-order valence-corrected chi connectivity index (χ0v) is 11.0. The van der Waals surface area contributed by atoms with Crippen molar-refractivity contribution in [3.8, 4) is 0 Å². The highest BCUT2D eigenvalue weighted by molar-refractivity contribution is 5.15. The van der Waals surface area contributed by atoms with Crippen molar-refractivity contribution < 1.29 is 74.6 Å². The molecule has 1 unspecified atom stereocenters. The number of halogens is 17. The molecular formula is C9HF17. The van der Waals surface area contributed by atoms with E-state index in [-0.39, 0.29) is 0 Å². The van der Waals surface area contributed by atoms with E-state index in [1.165, 1.54) is 0 Å². The maximum absolute atomic E-state index is 12.9. The topological polar surface area (TPSA) is 0 Å². The summed E-state index contributed by atoms with van der Waals surface area (Å²) in [5.74, 6) is -46.9. The molecule has 0 spiro atoms. The smallest absolute Gasteiger partial charge is 0.234 e. The first-order chi connectivity index (χ1) is 11.0. The fourth-order valence-electron chi connectivity index (χ4n) is 1.20. The number of rotatable bonds is 8. The SMILES string of the molecule is F[C](F)C(F)(F)C(F)C(F)(F)C(F)(F)C(F)(F)C(F)(F)C(F)(F)[C](F)F. The molecule has 0 saturated carbocycles. The molecule has 1 atom stereocenters. The maximum Gasteiger partial charge on any atom is 0.385 e. The lowest BCUT2D eigenvalue weighted by molar-refractivity contribution is -0.416. The fraction of sp³-hybridized carbons (Fsp3) is 0.778. The summed E-state index contributed by atoms with van der Waals surface area (Å²) < 4.78 is 211. The van der Waals surface area contributed by atoms with Crippen LogP contribution < -0.4 is 0 Å². The third kappa shape index (κ3) is 3.14. The van der Waals surface area contributed by atoms with E-state index in [1.54, 1.807) is 0 Å². The Bertz CT molecular complexity index is 490. The van der Waals surface area contributed by atoms with Crippen molar-refractivity contribution in [3.05, 3.63) is 12.9 Å². The summed E-state index contributed by atoms with van der Waals surface area (Å²) in [6.07, 6.45) is -16.0. The molecule has 0 heterocycles. The van der Waals surface area contributed by atoms with Gasteiger partial charge in [-0.15, -0.1) is 0 Å². The Morgan fingerprint density at radius 2 is 0.846 bits per heavy atom. The monoisotopic (exact) mass is 432 g/mol. The van der Waals surface area contributed by atoms with E-state index in [0.29, 0.717) is 0 Å². The fourth-order valence-corrected chi connectivity index (χ4v) is 1.20. The van der Waals surface area contributed by atoms with E-state index < -0.39 is 54.6 Å². The molecule has 0 saturated heterocycles. The van der Waals surface area contributed by atoms with Crippen molar-refractivity contribution in [3.63, 3.8) is 0 Å². The first-order valence-corrected chi connectivity index (χ1v) is 5.32. The molecule has 0 aliphatic heterocycles. The van der Waals surface area contributed by atoms with Gasteiger partial charge in [0.25, 0.3) is 0 Å². The van der Waals surface area contributed by atoms with Gasteiger partial charge in [-0.25, -0.2) is 4.39 Å². The molecular weight excluding hydrogens is 431 g/mol. The minimum atomic E-state index is -8.32. The quantitative estimate of drug-likeness (QED) is 0.414. The predicted octanol–water partition coefficient (Wildman–Crippen LogP) is 5.99. The van der Waals surface area contributed by atoms with Crippen LogP contribution >= 0.6 is 0 Å². The standard InChI is InChI=1S/C9HF17/c10-1(4(15,16)2(11)12)5(17,18)7(21,22)9(25,26)8(23,24)6(19,20)3(13)14/h1H. The molecule has 0 aromatic heterocycles. The molecule has 0 fully saturated rings. The van der Waals surface area contributed by atoms with Gasteiger partial charge < -0.3 is 0 Å². The van der Waals surface area contributed by atoms with Crippen molar-refractivity contribution in [1.82, 2.24) is 0 Å². The molecule has 17 heteroatoms. The minimum absolute atomic E-state index is 4.69. The Morgan fingerprint density at radius 3 is 1.12 bits per heavy atom. The van der Waals surface area contributed by atoms with E-state index >= 15 is 0 Å². The van der Waals surface area contributed by atoms with Gasteiger partial charge in [0.05, 0.1) is 0 Å². The second-order valence-corrected chi connectivity index (χ2v) is 4.43. The highest BCUT2D eigenvalue weighted by atomic mass is 19.4. The number of hydrogen-bond donors (Lipinski definition) is 0. The van der Waals surface area contributed by atoms with Crippen LogP contribution in [-0.2, 0) is 0 Å². The van der Waals surface area contributed by atoms with Gasteiger partial charge in [0.15, 0.2) is 0 Å². The summed E-state index contributed by atoms with van der Waals surface area (Å²) in [5.41, 5.74) is 0. The van der Waals surface area contributed by atoms with E-state index in [4.69, 9.17) is 0 Å². The van der Waals surface area contributed by atoms with Gasteiger partial charge in [-0.1, -0.05) is 0 Å². The van der Waals surface area contributed by atoms with Crippen LogP contribution in [-0.4, -0.2) is 41.7 Å². The Hall–Kier alpha value is -1.19. The second-order valence-electron chi connectivity index (χ2n) is 4.43. The van der Waals surface area contributed by atoms with Crippen LogP contribution in [0.25, 0.3) is 0 Å². The van der Waals surface area contributed by atoms with Crippen LogP contribution in [0.2, 0.25) is 0 Å². The Morgan fingerprint density at radius 1 is 0.500 bits per heavy atom. The van der Waals surface area contributed by atoms with Crippen LogP contribution in [0.1, 0.15) is 0 Å². The van der Waals surface area contributed by atoms with Gasteiger partial charge >= 0.3 is 48.4 Å². The summed E-state index contributed by atoms with van der Waals surface area (Å²) in [4.78, 5) is 0. The highest BCUT2D eigenvalue weighted by Gasteiger charge is 2.90. The first kappa shape index (κ1) is 24.8. The summed E-state index contributed by atoms with van der Waals surface area (Å²) in [6.45, 7) is 0. The molecule has 0 N–H and O–H groups in total. The average molecular weight is 432 g/mol. The maximum atomic E-state index is 12.9. The molecule has 0 nitrogen and oxygen atoms in total. The largest absolute Gasteiger partial charge is 0.385 e. The van der Waals surface area contributed by atoms with Crippen molar-refractivity contribution in [2.45, 2.75) is 41.7 Å². The lowest BCUT2D eigenvalue weighted by Crippen LogP contribution is -2.70. The van der Waals surface area contributed by atoms with Crippen molar-refractivity contribution in [2.24, 2.45) is 0 Å². The van der Waals surface area contributed by atoms with Crippen LogP contribution in [0.15, 0.2) is 0 Å². The van der Waals surface area contributed by atoms with Gasteiger partial charge in [-0.05, 0) is 0 Å². The van der Waals surface area contributed by atoms with Gasteiger partial charge in [0, 0.05) is 0 Å². The highest BCUT2D eigenvalue weighted by Crippen LogP contribution is 2.61. The van der Waals surface area contributed by atoms with Crippen molar-refractivity contribution in [1.29, 1.82) is 0 Å². The third-order valence-corrected chi connectivity index (χ3v) is 2.73. The molecule has 2 radical (unpaired) electrons. The normalized spacial score (nSPS) is 17.2. The molecule has 0 aliphatic carbocycles. The summed E-state index contributed by atoms with van der Waals surface area (Å²) in [5, 5.41) is 0. The van der Waals surface area contributed by atoms with Crippen LogP contribution in [0.4, 0.5) is 74.6 Å². The molecule has 26 heavy (non-hydrogen) atoms. The second kappa shape index (κ2) is 6.45. The predicted molar refractivity (Wildman–Crippen MR) is 45.5 cm³/mol. The molecule has 156 valence electrons. The first-order valence-electron chi connectivity index (χ1n) is 5.32. The zero-order chi connectivity index (χ0) is 21.7. The van der Waals surface area contributed by atoms with Gasteiger partial charge in [-0.2, -0.15) is 70.2 Å². The molecule has 0 aromatic carbocycles. The van der Waals surface area contributed by atoms with Gasteiger partial charge in [-0.3, -0.25) is 0 Å². The lowest BCUT2D eigenvalue weighted by atomic mass is 9.90. The summed E-state index contributed by atoms with van der Waals surface area (Å²) >= 11 is 0. The molecule has 0 bridgehead atoms. The molecule has 0 amide bonds. The van der Waals surface area contributed by atoms with E-state index in [2.05, 4.69) is 0 Å². The van der Waals surface area contributed by atoms with E-state index in [1.807, 2.05) is 0 Å². The van der Waals surface area contributed by atoms with Crippen molar-refractivity contribution >= 4 is 0 Å². The third-order valence-electron chi connectivity index (χ3n) is 2.73. The van der Waals surface area contributed by atoms with Crippen LogP contribution in [0.3, 0.4) is 0 Å². The Balaban J connectivity index is 6.36. The number of alkyl halides is 13. The zero-order valence-electron chi connectivity index (χ0n) is 11.0. The summed E-state index contributed by atoms with van der Waals surface area (Å²) in [6, 6.07) is 0. The Kier molecular flexibility index (Phi) is 6.16. The van der Waals surface area contributed by atoms with Crippen LogP contribution in [0, 0.1) is 12.9 Å². The lowest BCUT2D eigenvalue weighted by Gasteiger charge is -2.40. The van der Waals surface area contributed by atoms with E-state index in [9.17, 15) is 74.6 Å². The summed E-state index contributed by atoms with van der Waals surface area (Å²) in [7, 11) is 0. The van der Waals surface area contributed by atoms with Crippen LogP contribution in [0.5, 0.6) is 0 Å². The Labute approximate surface area is 130 Å². The average Bonchev–Trinajstić information content (AvgIpc) is 2.44. The van der Waals surface area contributed by atoms with Crippen molar-refractivity contribution in [2.75, 3.05) is 0 Å². The molecule has 0 rings (SSSR count). The molecule has 0 aliphatic rings. The van der Waals surface area contributed by atoms with E-state index in [0.717, 1.165) is 0 Å². The van der Waals surface area contributed by atoms with Gasteiger partial charge in [0.2, 0.25) is 6.17 Å². The van der Waals surface area contributed by atoms with Gasteiger partial charge in [0.1, 0.15) is 0 Å². The minimum Gasteiger partial charge on any atom is -0.234 e.